The topological polar surface area (TPSA) is 84.7 Å². The molecule has 0 radical (unpaired) electrons. The monoisotopic (exact) mass is 349 g/mol. The Morgan fingerprint density at radius 2 is 1.80 bits per heavy atom. The highest BCUT2D eigenvalue weighted by Gasteiger charge is 2.19. The fraction of sp³-hybridized carbons (Fsp3) is 0.562. The minimum absolute atomic E-state index is 0.207. The van der Waals surface area contributed by atoms with Gasteiger partial charge in [0, 0.05) is 46.3 Å². The van der Waals surface area contributed by atoms with Crippen LogP contribution in [-0.2, 0) is 29.6 Å². The van der Waals surface area contributed by atoms with Crippen LogP contribution in [0.25, 0.3) is 16.9 Å². The summed E-state index contributed by atoms with van der Waals surface area (Å²) in [6.07, 6.45) is 2.71. The molecule has 0 atom stereocenters. The molecule has 0 unspecified atom stereocenters. The van der Waals surface area contributed by atoms with Crippen molar-refractivity contribution in [3.05, 3.63) is 32.7 Å². The van der Waals surface area contributed by atoms with Crippen LogP contribution in [0.2, 0.25) is 0 Å². The Kier molecular flexibility index (Phi) is 4.78. The van der Waals surface area contributed by atoms with E-state index in [-0.39, 0.29) is 12.1 Å². The summed E-state index contributed by atoms with van der Waals surface area (Å²) >= 11 is 0. The first-order chi connectivity index (χ1) is 12.0. The number of ether oxygens (including phenoxy) is 2. The van der Waals surface area contributed by atoms with Crippen molar-refractivity contribution in [3.63, 3.8) is 0 Å². The zero-order chi connectivity index (χ0) is 18.1. The highest BCUT2D eigenvalue weighted by Crippen LogP contribution is 2.16. The minimum atomic E-state index is -0.391. The quantitative estimate of drug-likeness (QED) is 0.567. The fourth-order valence-corrected chi connectivity index (χ4v) is 3.08. The van der Waals surface area contributed by atoms with Crippen LogP contribution in [0.4, 0.5) is 0 Å². The fourth-order valence-electron chi connectivity index (χ4n) is 3.08. The summed E-state index contributed by atoms with van der Waals surface area (Å²) in [7, 11) is 4.83. The highest BCUT2D eigenvalue weighted by atomic mass is 16.5. The molecule has 0 aliphatic heterocycles. The zero-order valence-electron chi connectivity index (χ0n) is 15.0. The number of aryl methyl sites for hydroxylation is 3. The summed E-state index contributed by atoms with van der Waals surface area (Å²) in [4.78, 5) is 29.9. The van der Waals surface area contributed by atoms with Crippen LogP contribution < -0.4 is 11.2 Å². The number of fused-ring (bicyclic) bond motifs is 3. The van der Waals surface area contributed by atoms with Crippen LogP contribution >= 0.6 is 0 Å². The maximum atomic E-state index is 12.9. The van der Waals surface area contributed by atoms with Crippen LogP contribution in [0.1, 0.15) is 12.1 Å². The first kappa shape index (κ1) is 17.4. The minimum Gasteiger partial charge on any atom is -0.385 e. The number of nitrogens with zero attached hydrogens (tertiary/aromatic N) is 5. The molecule has 0 spiro atoms. The molecule has 136 valence electrons. The van der Waals surface area contributed by atoms with Gasteiger partial charge >= 0.3 is 5.69 Å². The SMILES string of the molecule is COCCCn1c(C)cn2c3c(=O)n(CCOC)c(=O)n(C)c3nc12. The van der Waals surface area contributed by atoms with Crippen molar-refractivity contribution in [1.82, 2.24) is 23.1 Å². The van der Waals surface area contributed by atoms with Crippen molar-refractivity contribution >= 4 is 16.9 Å². The molecule has 3 aromatic rings. The van der Waals surface area contributed by atoms with Crippen molar-refractivity contribution in [2.75, 3.05) is 27.4 Å². The predicted molar refractivity (Wildman–Crippen MR) is 93.3 cm³/mol. The van der Waals surface area contributed by atoms with Gasteiger partial charge in [0.25, 0.3) is 5.56 Å². The van der Waals surface area contributed by atoms with Gasteiger partial charge in [-0.2, -0.15) is 4.98 Å². The molecule has 3 aromatic heterocycles. The largest absolute Gasteiger partial charge is 0.385 e. The molecular weight excluding hydrogens is 326 g/mol. The van der Waals surface area contributed by atoms with Gasteiger partial charge in [-0.3, -0.25) is 18.3 Å². The van der Waals surface area contributed by atoms with Gasteiger partial charge in [0.1, 0.15) is 0 Å². The van der Waals surface area contributed by atoms with Crippen LogP contribution in [0.5, 0.6) is 0 Å². The number of methoxy groups -OCH3 is 2. The van der Waals surface area contributed by atoms with E-state index in [1.54, 1.807) is 18.6 Å². The van der Waals surface area contributed by atoms with E-state index >= 15 is 0 Å². The van der Waals surface area contributed by atoms with E-state index in [0.29, 0.717) is 30.2 Å². The number of imidazole rings is 2. The number of hydrogen-bond donors (Lipinski definition) is 0. The molecule has 0 saturated heterocycles. The summed E-state index contributed by atoms with van der Waals surface area (Å²) in [6, 6.07) is 0. The molecule has 25 heavy (non-hydrogen) atoms. The molecule has 3 rings (SSSR count). The van der Waals surface area contributed by atoms with Crippen LogP contribution in [0.3, 0.4) is 0 Å². The molecule has 9 nitrogen and oxygen atoms in total. The number of rotatable bonds is 7. The Morgan fingerprint density at radius 1 is 1.08 bits per heavy atom. The highest BCUT2D eigenvalue weighted by molar-refractivity contribution is 5.75. The van der Waals surface area contributed by atoms with Gasteiger partial charge in [-0.25, -0.2) is 4.79 Å². The van der Waals surface area contributed by atoms with E-state index in [2.05, 4.69) is 4.98 Å². The molecule has 0 amide bonds. The Hall–Kier alpha value is -2.39. The Morgan fingerprint density at radius 3 is 2.48 bits per heavy atom. The Labute approximate surface area is 144 Å². The molecule has 0 aromatic carbocycles. The normalized spacial score (nSPS) is 11.8. The third kappa shape index (κ3) is 2.79. The zero-order valence-corrected chi connectivity index (χ0v) is 15.0. The van der Waals surface area contributed by atoms with Gasteiger partial charge in [-0.1, -0.05) is 0 Å². The predicted octanol–water partition coefficient (Wildman–Crippen LogP) is 0.141. The molecular formula is C16H23N5O4. The third-order valence-corrected chi connectivity index (χ3v) is 4.39. The van der Waals surface area contributed by atoms with Gasteiger partial charge in [0.05, 0.1) is 13.2 Å². The smallest absolute Gasteiger partial charge is 0.332 e. The number of hydrogen-bond acceptors (Lipinski definition) is 5. The van der Waals surface area contributed by atoms with Gasteiger partial charge in [0.15, 0.2) is 11.2 Å². The average molecular weight is 349 g/mol. The van der Waals surface area contributed by atoms with E-state index in [1.165, 1.54) is 16.2 Å². The first-order valence-electron chi connectivity index (χ1n) is 8.16. The van der Waals surface area contributed by atoms with Crippen molar-refractivity contribution < 1.29 is 9.47 Å². The van der Waals surface area contributed by atoms with Gasteiger partial charge < -0.3 is 14.0 Å². The van der Waals surface area contributed by atoms with Crippen molar-refractivity contribution in [3.8, 4) is 0 Å². The maximum Gasteiger partial charge on any atom is 0.332 e. The van der Waals surface area contributed by atoms with Crippen LogP contribution in [-0.4, -0.2) is 50.5 Å². The summed E-state index contributed by atoms with van der Waals surface area (Å²) in [5.41, 5.74) is 1.05. The Bertz CT molecular complexity index is 1020. The van der Waals surface area contributed by atoms with E-state index in [0.717, 1.165) is 18.7 Å². The molecule has 0 N–H and O–H groups in total. The standard InChI is InChI=1S/C16H23N5O4/c1-11-10-21-12-13(17-15(21)19(11)6-5-8-24-3)18(2)16(23)20(14(12)22)7-9-25-4/h10H,5-9H2,1-4H3. The molecule has 0 bridgehead atoms. The first-order valence-corrected chi connectivity index (χ1v) is 8.16. The van der Waals surface area contributed by atoms with E-state index in [1.807, 2.05) is 17.7 Å². The van der Waals surface area contributed by atoms with Gasteiger partial charge in [-0.15, -0.1) is 0 Å². The summed E-state index contributed by atoms with van der Waals surface area (Å²) < 4.78 is 16.5. The lowest BCUT2D eigenvalue weighted by molar-refractivity contribution is 0.184. The second-order valence-electron chi connectivity index (χ2n) is 6.01. The van der Waals surface area contributed by atoms with Crippen molar-refractivity contribution in [2.45, 2.75) is 26.4 Å². The summed E-state index contributed by atoms with van der Waals surface area (Å²) in [6.45, 7) is 3.84. The van der Waals surface area contributed by atoms with Crippen molar-refractivity contribution in [1.29, 1.82) is 0 Å². The number of aromatic nitrogens is 5. The van der Waals surface area contributed by atoms with Gasteiger partial charge in [-0.05, 0) is 13.3 Å². The average Bonchev–Trinajstić information content (AvgIpc) is 3.09. The van der Waals surface area contributed by atoms with E-state index < -0.39 is 5.69 Å². The van der Waals surface area contributed by atoms with Crippen LogP contribution in [0, 0.1) is 6.92 Å². The van der Waals surface area contributed by atoms with Gasteiger partial charge in [0.2, 0.25) is 5.78 Å². The lowest BCUT2D eigenvalue weighted by atomic mass is 10.4. The second kappa shape index (κ2) is 6.85. The molecule has 0 aliphatic rings. The van der Waals surface area contributed by atoms with Crippen molar-refractivity contribution in [2.24, 2.45) is 7.05 Å². The molecule has 0 fully saturated rings. The molecule has 0 aliphatic carbocycles. The molecule has 3 heterocycles. The third-order valence-electron chi connectivity index (χ3n) is 4.39. The molecule has 0 saturated carbocycles. The Balaban J connectivity index is 2.25. The maximum absolute atomic E-state index is 12.9. The van der Waals surface area contributed by atoms with E-state index in [9.17, 15) is 9.59 Å². The summed E-state index contributed by atoms with van der Waals surface area (Å²) in [5.74, 6) is 0.653. The van der Waals surface area contributed by atoms with Crippen LogP contribution in [0.15, 0.2) is 15.8 Å². The second-order valence-corrected chi connectivity index (χ2v) is 6.01. The summed E-state index contributed by atoms with van der Waals surface area (Å²) in [5, 5.41) is 0. The lowest BCUT2D eigenvalue weighted by Gasteiger charge is -2.07. The molecule has 9 heteroatoms. The van der Waals surface area contributed by atoms with E-state index in [4.69, 9.17) is 9.47 Å². The lowest BCUT2D eigenvalue weighted by Crippen LogP contribution is -2.40.